The molecule has 3 heteroatoms. The molecule has 0 saturated heterocycles. The number of benzene rings is 2. The van der Waals surface area contributed by atoms with Crippen molar-refractivity contribution in [2.75, 3.05) is 7.11 Å². The maximum absolute atomic E-state index is 8.93. The van der Waals surface area contributed by atoms with E-state index in [1.807, 2.05) is 54.7 Å². The molecule has 0 N–H and O–H groups in total. The molecule has 1 heterocycles. The van der Waals surface area contributed by atoms with E-state index in [1.54, 1.807) is 7.11 Å². The van der Waals surface area contributed by atoms with Gasteiger partial charge in [-0.3, -0.25) is 0 Å². The molecular formula is C16H12N2O. The molecule has 19 heavy (non-hydrogen) atoms. The summed E-state index contributed by atoms with van der Waals surface area (Å²) in [6.45, 7) is 0. The maximum Gasteiger partial charge on any atom is 0.142 e. The number of rotatable bonds is 2. The quantitative estimate of drug-likeness (QED) is 0.696. The molecule has 0 bridgehead atoms. The molecule has 0 aliphatic rings. The van der Waals surface area contributed by atoms with Crippen molar-refractivity contribution in [1.82, 2.24) is 4.57 Å². The van der Waals surface area contributed by atoms with E-state index in [1.165, 1.54) is 0 Å². The molecule has 92 valence electrons. The van der Waals surface area contributed by atoms with E-state index in [4.69, 9.17) is 10.00 Å². The summed E-state index contributed by atoms with van der Waals surface area (Å²) in [5, 5.41) is 9.97. The van der Waals surface area contributed by atoms with Crippen LogP contribution in [0.5, 0.6) is 5.75 Å². The summed E-state index contributed by atoms with van der Waals surface area (Å²) >= 11 is 0. The van der Waals surface area contributed by atoms with Crippen molar-refractivity contribution in [3.05, 3.63) is 60.3 Å². The average molecular weight is 248 g/mol. The zero-order valence-corrected chi connectivity index (χ0v) is 10.5. The highest BCUT2D eigenvalue weighted by molar-refractivity contribution is 5.83. The summed E-state index contributed by atoms with van der Waals surface area (Å²) in [4.78, 5) is 0. The molecule has 0 radical (unpaired) electrons. The average Bonchev–Trinajstić information content (AvgIpc) is 2.89. The standard InChI is InChI=1S/C16H12N2O/c1-19-16-5-3-2-4-15(16)18-9-8-13-10-12(11-17)6-7-14(13)18/h2-10H,1H3. The van der Waals surface area contributed by atoms with Crippen LogP contribution in [0.25, 0.3) is 16.6 Å². The predicted octanol–water partition coefficient (Wildman–Crippen LogP) is 3.51. The van der Waals surface area contributed by atoms with Gasteiger partial charge >= 0.3 is 0 Å². The molecule has 3 aromatic rings. The van der Waals surface area contributed by atoms with E-state index in [2.05, 4.69) is 10.6 Å². The fourth-order valence-corrected chi connectivity index (χ4v) is 2.25. The number of nitriles is 1. The lowest BCUT2D eigenvalue weighted by Crippen LogP contribution is -1.96. The Morgan fingerprint density at radius 1 is 1.11 bits per heavy atom. The third-order valence-electron chi connectivity index (χ3n) is 3.16. The van der Waals surface area contributed by atoms with Crippen molar-refractivity contribution in [3.8, 4) is 17.5 Å². The van der Waals surface area contributed by atoms with Gasteiger partial charge in [0, 0.05) is 11.6 Å². The fraction of sp³-hybridized carbons (Fsp3) is 0.0625. The highest BCUT2D eigenvalue weighted by atomic mass is 16.5. The second-order valence-electron chi connectivity index (χ2n) is 4.24. The van der Waals surface area contributed by atoms with Crippen molar-refractivity contribution in [2.45, 2.75) is 0 Å². The van der Waals surface area contributed by atoms with Gasteiger partial charge in [0.15, 0.2) is 0 Å². The molecule has 0 aliphatic heterocycles. The summed E-state index contributed by atoms with van der Waals surface area (Å²) < 4.78 is 7.45. The van der Waals surface area contributed by atoms with Crippen molar-refractivity contribution in [3.63, 3.8) is 0 Å². The lowest BCUT2D eigenvalue weighted by atomic mass is 10.2. The molecule has 3 nitrogen and oxygen atoms in total. The minimum absolute atomic E-state index is 0.672. The third kappa shape index (κ3) is 1.84. The molecule has 1 aromatic heterocycles. The highest BCUT2D eigenvalue weighted by Crippen LogP contribution is 2.27. The Labute approximate surface area is 111 Å². The largest absolute Gasteiger partial charge is 0.495 e. The van der Waals surface area contributed by atoms with Crippen LogP contribution in [0.4, 0.5) is 0 Å². The van der Waals surface area contributed by atoms with E-state index in [0.29, 0.717) is 5.56 Å². The van der Waals surface area contributed by atoms with Crippen LogP contribution >= 0.6 is 0 Å². The van der Waals surface area contributed by atoms with Crippen LogP contribution in [0, 0.1) is 11.3 Å². The number of hydrogen-bond donors (Lipinski definition) is 0. The number of ether oxygens (including phenoxy) is 1. The van der Waals surface area contributed by atoms with Gasteiger partial charge in [-0.2, -0.15) is 5.26 Å². The Balaban J connectivity index is 2.24. The van der Waals surface area contributed by atoms with Crippen LogP contribution in [-0.2, 0) is 0 Å². The number of para-hydroxylation sites is 2. The number of nitrogens with zero attached hydrogens (tertiary/aromatic N) is 2. The van der Waals surface area contributed by atoms with Gasteiger partial charge in [-0.1, -0.05) is 12.1 Å². The summed E-state index contributed by atoms with van der Waals surface area (Å²) in [5.41, 5.74) is 2.72. The summed E-state index contributed by atoms with van der Waals surface area (Å²) in [6, 6.07) is 17.7. The smallest absolute Gasteiger partial charge is 0.142 e. The fourth-order valence-electron chi connectivity index (χ4n) is 2.25. The Bertz CT molecular complexity index is 781. The van der Waals surface area contributed by atoms with Crippen LogP contribution in [0.15, 0.2) is 54.7 Å². The zero-order chi connectivity index (χ0) is 13.2. The Hall–Kier alpha value is -2.73. The van der Waals surface area contributed by atoms with Gasteiger partial charge in [0.1, 0.15) is 5.75 Å². The lowest BCUT2D eigenvalue weighted by molar-refractivity contribution is 0.413. The molecule has 0 unspecified atom stereocenters. The Kier molecular flexibility index (Phi) is 2.70. The molecule has 0 aliphatic carbocycles. The van der Waals surface area contributed by atoms with E-state index in [9.17, 15) is 0 Å². The van der Waals surface area contributed by atoms with Crippen LogP contribution in [0.2, 0.25) is 0 Å². The molecule has 2 aromatic carbocycles. The molecule has 0 saturated carbocycles. The van der Waals surface area contributed by atoms with Crippen LogP contribution in [0.3, 0.4) is 0 Å². The van der Waals surface area contributed by atoms with Gasteiger partial charge in [-0.15, -0.1) is 0 Å². The van der Waals surface area contributed by atoms with Crippen LogP contribution in [-0.4, -0.2) is 11.7 Å². The molecule has 0 amide bonds. The third-order valence-corrected chi connectivity index (χ3v) is 3.16. The summed E-state index contributed by atoms with van der Waals surface area (Å²) in [6.07, 6.45) is 1.99. The summed E-state index contributed by atoms with van der Waals surface area (Å²) in [5.74, 6) is 0.823. The van der Waals surface area contributed by atoms with Gasteiger partial charge in [0.05, 0.1) is 29.9 Å². The summed E-state index contributed by atoms with van der Waals surface area (Å²) in [7, 11) is 1.66. The van der Waals surface area contributed by atoms with Gasteiger partial charge in [0.25, 0.3) is 0 Å². The monoisotopic (exact) mass is 248 g/mol. The molecular weight excluding hydrogens is 236 g/mol. The second kappa shape index (κ2) is 4.51. The highest BCUT2D eigenvalue weighted by Gasteiger charge is 2.08. The first kappa shape index (κ1) is 11.4. The normalized spacial score (nSPS) is 10.3. The first-order valence-corrected chi connectivity index (χ1v) is 5.98. The van der Waals surface area contributed by atoms with Gasteiger partial charge < -0.3 is 9.30 Å². The van der Waals surface area contributed by atoms with Crippen molar-refractivity contribution in [2.24, 2.45) is 0 Å². The first-order chi connectivity index (χ1) is 9.33. The van der Waals surface area contributed by atoms with Gasteiger partial charge in [-0.05, 0) is 36.4 Å². The van der Waals surface area contributed by atoms with Crippen LogP contribution < -0.4 is 4.74 Å². The van der Waals surface area contributed by atoms with Crippen molar-refractivity contribution >= 4 is 10.9 Å². The van der Waals surface area contributed by atoms with E-state index in [-0.39, 0.29) is 0 Å². The minimum Gasteiger partial charge on any atom is -0.495 e. The number of hydrogen-bond acceptors (Lipinski definition) is 2. The van der Waals surface area contributed by atoms with Crippen molar-refractivity contribution < 1.29 is 4.74 Å². The van der Waals surface area contributed by atoms with E-state index in [0.717, 1.165) is 22.3 Å². The second-order valence-corrected chi connectivity index (χ2v) is 4.24. The maximum atomic E-state index is 8.93. The Morgan fingerprint density at radius 2 is 1.95 bits per heavy atom. The Morgan fingerprint density at radius 3 is 2.74 bits per heavy atom. The molecule has 0 atom stereocenters. The van der Waals surface area contributed by atoms with E-state index < -0.39 is 0 Å². The predicted molar refractivity (Wildman–Crippen MR) is 74.5 cm³/mol. The first-order valence-electron chi connectivity index (χ1n) is 5.98. The van der Waals surface area contributed by atoms with Crippen LogP contribution in [0.1, 0.15) is 5.56 Å². The molecule has 3 rings (SSSR count). The van der Waals surface area contributed by atoms with E-state index >= 15 is 0 Å². The number of aromatic nitrogens is 1. The number of methoxy groups -OCH3 is 1. The lowest BCUT2D eigenvalue weighted by Gasteiger charge is -2.10. The topological polar surface area (TPSA) is 38.0 Å². The SMILES string of the molecule is COc1ccccc1-n1ccc2cc(C#N)ccc21. The minimum atomic E-state index is 0.672. The van der Waals surface area contributed by atoms with Crippen molar-refractivity contribution in [1.29, 1.82) is 5.26 Å². The number of fused-ring (bicyclic) bond motifs is 1. The van der Waals surface area contributed by atoms with Gasteiger partial charge in [-0.25, -0.2) is 0 Å². The zero-order valence-electron chi connectivity index (χ0n) is 10.5. The molecule has 0 spiro atoms. The molecule has 0 fully saturated rings. The van der Waals surface area contributed by atoms with Gasteiger partial charge in [0.2, 0.25) is 0 Å².